The van der Waals surface area contributed by atoms with Crippen molar-refractivity contribution in [2.75, 3.05) is 6.54 Å². The van der Waals surface area contributed by atoms with E-state index in [0.717, 1.165) is 39.6 Å². The summed E-state index contributed by atoms with van der Waals surface area (Å²) in [5.74, 6) is -1.02. The summed E-state index contributed by atoms with van der Waals surface area (Å²) < 4.78 is 13.3. The smallest absolute Gasteiger partial charge is 0.251 e. The van der Waals surface area contributed by atoms with E-state index >= 15 is 0 Å². The number of amides is 2. The van der Waals surface area contributed by atoms with E-state index in [9.17, 15) is 24.2 Å². The third-order valence-corrected chi connectivity index (χ3v) is 6.60. The molecule has 1 aliphatic rings. The lowest BCUT2D eigenvalue weighted by Gasteiger charge is -2.19. The van der Waals surface area contributed by atoms with Gasteiger partial charge in [-0.1, -0.05) is 12.1 Å². The molecule has 0 aliphatic heterocycles. The zero-order chi connectivity index (χ0) is 25.9. The third-order valence-electron chi connectivity index (χ3n) is 6.60. The number of fused-ring (bicyclic) bond motifs is 2. The van der Waals surface area contributed by atoms with Gasteiger partial charge in [-0.25, -0.2) is 4.39 Å². The number of phenolic OH excluding ortho intramolecular Hbond substituents is 2. The number of hydrogen-bond acceptors (Lipinski definition) is 4. The molecule has 0 saturated heterocycles. The molecule has 37 heavy (non-hydrogen) atoms. The molecule has 0 bridgehead atoms. The van der Waals surface area contributed by atoms with Gasteiger partial charge in [-0.3, -0.25) is 9.59 Å². The number of H-pyrrole nitrogens is 1. The van der Waals surface area contributed by atoms with Crippen LogP contribution < -0.4 is 10.6 Å². The molecule has 0 saturated carbocycles. The van der Waals surface area contributed by atoms with Gasteiger partial charge in [0, 0.05) is 35.6 Å². The first-order valence-electron chi connectivity index (χ1n) is 12.0. The van der Waals surface area contributed by atoms with E-state index in [2.05, 4.69) is 21.7 Å². The average Bonchev–Trinajstić information content (AvgIpc) is 3.47. The maximum atomic E-state index is 13.3. The molecule has 4 aromatic rings. The molecule has 1 aliphatic carbocycles. The van der Waals surface area contributed by atoms with Crippen molar-refractivity contribution in [2.45, 2.75) is 25.3 Å². The third kappa shape index (κ3) is 5.33. The lowest BCUT2D eigenvalue weighted by atomic mass is 10.0. The molecule has 1 aromatic heterocycles. The summed E-state index contributed by atoms with van der Waals surface area (Å²) in [6.45, 7) is 0.345. The number of aromatic amines is 1. The molecular formula is C29H26FN3O4. The molecule has 1 heterocycles. The van der Waals surface area contributed by atoms with Crippen LogP contribution in [0.3, 0.4) is 0 Å². The molecule has 5 N–H and O–H groups in total. The SMILES string of the molecule is O=C(NC(Cc1c[nH]c2ccc(O)cc12)C(=O)NCCC1=CCc2ccc(O)cc21)c1ccc(F)cc1. The Morgan fingerprint density at radius 1 is 1.00 bits per heavy atom. The van der Waals surface area contributed by atoms with E-state index < -0.39 is 17.8 Å². The van der Waals surface area contributed by atoms with Crippen LogP contribution in [0.4, 0.5) is 4.39 Å². The fourth-order valence-electron chi connectivity index (χ4n) is 4.67. The van der Waals surface area contributed by atoms with E-state index in [-0.39, 0.29) is 29.4 Å². The second-order valence-corrected chi connectivity index (χ2v) is 9.10. The van der Waals surface area contributed by atoms with Gasteiger partial charge in [0.2, 0.25) is 5.91 Å². The molecular weight excluding hydrogens is 473 g/mol. The molecule has 1 atom stereocenters. The monoisotopic (exact) mass is 499 g/mol. The summed E-state index contributed by atoms with van der Waals surface area (Å²) in [6, 6.07) is 14.4. The average molecular weight is 500 g/mol. The van der Waals surface area contributed by atoms with Crippen LogP contribution in [0.1, 0.15) is 33.5 Å². The predicted molar refractivity (Wildman–Crippen MR) is 139 cm³/mol. The van der Waals surface area contributed by atoms with Crippen LogP contribution in [0.25, 0.3) is 16.5 Å². The zero-order valence-corrected chi connectivity index (χ0v) is 19.9. The Bertz CT molecular complexity index is 1510. The summed E-state index contributed by atoms with van der Waals surface area (Å²) in [5, 5.41) is 26.2. The molecule has 1 unspecified atom stereocenters. The zero-order valence-electron chi connectivity index (χ0n) is 19.9. The minimum Gasteiger partial charge on any atom is -0.508 e. The fourth-order valence-corrected chi connectivity index (χ4v) is 4.67. The maximum absolute atomic E-state index is 13.3. The van der Waals surface area contributed by atoms with Crippen molar-refractivity contribution >= 4 is 28.3 Å². The van der Waals surface area contributed by atoms with Gasteiger partial charge in [-0.05, 0) is 89.7 Å². The number of benzene rings is 3. The summed E-state index contributed by atoms with van der Waals surface area (Å²) >= 11 is 0. The van der Waals surface area contributed by atoms with Crippen molar-refractivity contribution in [3.05, 3.63) is 101 Å². The number of nitrogens with one attached hydrogen (secondary N) is 3. The number of phenols is 2. The van der Waals surface area contributed by atoms with Gasteiger partial charge in [0.15, 0.2) is 0 Å². The first kappa shape index (κ1) is 24.1. The molecule has 0 spiro atoms. The summed E-state index contributed by atoms with van der Waals surface area (Å²) in [4.78, 5) is 29.3. The van der Waals surface area contributed by atoms with Crippen LogP contribution in [-0.4, -0.2) is 39.6 Å². The summed E-state index contributed by atoms with van der Waals surface area (Å²) in [6.07, 6.45) is 5.37. The predicted octanol–water partition coefficient (Wildman–Crippen LogP) is 4.21. The van der Waals surface area contributed by atoms with Gasteiger partial charge in [-0.2, -0.15) is 0 Å². The molecule has 8 heteroatoms. The molecule has 0 fully saturated rings. The maximum Gasteiger partial charge on any atom is 0.251 e. The Morgan fingerprint density at radius 2 is 1.76 bits per heavy atom. The second-order valence-electron chi connectivity index (χ2n) is 9.10. The number of allylic oxidation sites excluding steroid dienone is 1. The van der Waals surface area contributed by atoms with E-state index in [1.165, 1.54) is 24.3 Å². The van der Waals surface area contributed by atoms with Crippen molar-refractivity contribution in [1.82, 2.24) is 15.6 Å². The van der Waals surface area contributed by atoms with Gasteiger partial charge in [0.1, 0.15) is 23.4 Å². The van der Waals surface area contributed by atoms with Crippen LogP contribution in [0.5, 0.6) is 11.5 Å². The molecule has 7 nitrogen and oxygen atoms in total. The van der Waals surface area contributed by atoms with Crippen LogP contribution in [0.2, 0.25) is 0 Å². The molecule has 0 radical (unpaired) electrons. The lowest BCUT2D eigenvalue weighted by molar-refractivity contribution is -0.122. The van der Waals surface area contributed by atoms with Crippen LogP contribution in [0, 0.1) is 5.82 Å². The van der Waals surface area contributed by atoms with Crippen molar-refractivity contribution in [2.24, 2.45) is 0 Å². The molecule has 3 aromatic carbocycles. The Kier molecular flexibility index (Phi) is 6.64. The summed E-state index contributed by atoms with van der Waals surface area (Å²) in [7, 11) is 0. The first-order chi connectivity index (χ1) is 17.9. The number of rotatable bonds is 8. The largest absolute Gasteiger partial charge is 0.508 e. The second kappa shape index (κ2) is 10.2. The van der Waals surface area contributed by atoms with Crippen LogP contribution in [0.15, 0.2) is 72.9 Å². The van der Waals surface area contributed by atoms with Gasteiger partial charge in [0.05, 0.1) is 0 Å². The highest BCUT2D eigenvalue weighted by atomic mass is 19.1. The Morgan fingerprint density at radius 3 is 2.57 bits per heavy atom. The van der Waals surface area contributed by atoms with Crippen molar-refractivity contribution in [3.63, 3.8) is 0 Å². The van der Waals surface area contributed by atoms with Gasteiger partial charge < -0.3 is 25.8 Å². The van der Waals surface area contributed by atoms with E-state index in [1.54, 1.807) is 36.5 Å². The Hall–Kier alpha value is -4.59. The molecule has 2 amide bonds. The van der Waals surface area contributed by atoms with Crippen molar-refractivity contribution < 1.29 is 24.2 Å². The van der Waals surface area contributed by atoms with Crippen LogP contribution in [-0.2, 0) is 17.6 Å². The first-order valence-corrected chi connectivity index (χ1v) is 12.0. The number of halogens is 1. The number of aromatic hydroxyl groups is 2. The number of carbonyl (C=O) groups is 2. The minimum absolute atomic E-state index is 0.0980. The van der Waals surface area contributed by atoms with E-state index in [0.29, 0.717) is 13.0 Å². The van der Waals surface area contributed by atoms with Gasteiger partial charge >= 0.3 is 0 Å². The van der Waals surface area contributed by atoms with Gasteiger partial charge in [-0.15, -0.1) is 0 Å². The number of hydrogen-bond donors (Lipinski definition) is 5. The van der Waals surface area contributed by atoms with Crippen molar-refractivity contribution in [3.8, 4) is 11.5 Å². The highest BCUT2D eigenvalue weighted by Crippen LogP contribution is 2.32. The Balaban J connectivity index is 1.31. The van der Waals surface area contributed by atoms with Crippen LogP contribution >= 0.6 is 0 Å². The quantitative estimate of drug-likeness (QED) is 0.250. The van der Waals surface area contributed by atoms with E-state index in [1.807, 2.05) is 6.07 Å². The normalized spacial score (nSPS) is 13.2. The topological polar surface area (TPSA) is 114 Å². The highest BCUT2D eigenvalue weighted by Gasteiger charge is 2.24. The summed E-state index contributed by atoms with van der Waals surface area (Å²) in [5.41, 5.74) is 4.95. The fraction of sp³-hybridized carbons (Fsp3) is 0.172. The number of carbonyl (C=O) groups excluding carboxylic acids is 2. The highest BCUT2D eigenvalue weighted by molar-refractivity contribution is 5.98. The molecule has 188 valence electrons. The lowest BCUT2D eigenvalue weighted by Crippen LogP contribution is -2.48. The van der Waals surface area contributed by atoms with Gasteiger partial charge in [0.25, 0.3) is 5.91 Å². The van der Waals surface area contributed by atoms with E-state index in [4.69, 9.17) is 0 Å². The van der Waals surface area contributed by atoms with Crippen molar-refractivity contribution in [1.29, 1.82) is 0 Å². The number of aromatic nitrogens is 1. The molecule has 5 rings (SSSR count). The Labute approximate surface area is 212 Å². The standard InChI is InChI=1S/C29H26FN3O4/c30-21-6-3-19(4-7-21)28(36)33-27(13-20-16-32-26-10-9-23(35)15-25(20)26)29(37)31-12-11-18-2-1-17-5-8-22(34)14-24(17)18/h2-10,14-16,27,32,34-35H,1,11-13H2,(H,31,37)(H,33,36). The minimum atomic E-state index is -0.909.